The van der Waals surface area contributed by atoms with Crippen LogP contribution in [-0.2, 0) is 7.05 Å². The number of amides is 1. The lowest BCUT2D eigenvalue weighted by atomic mass is 9.95. The molecule has 1 aliphatic carbocycles. The minimum atomic E-state index is -0.0766. The quantitative estimate of drug-likeness (QED) is 0.943. The van der Waals surface area contributed by atoms with Crippen molar-refractivity contribution in [3.63, 3.8) is 0 Å². The molecule has 0 spiro atoms. The minimum absolute atomic E-state index is 0.0766. The van der Waals surface area contributed by atoms with Crippen LogP contribution in [0.5, 0.6) is 5.75 Å². The lowest BCUT2D eigenvalue weighted by Crippen LogP contribution is -2.36. The summed E-state index contributed by atoms with van der Waals surface area (Å²) >= 11 is 0. The normalized spacial score (nSPS) is 15.4. The lowest BCUT2D eigenvalue weighted by Gasteiger charge is -2.22. The molecular formula is C18H23N3O2. The number of aryl methyl sites for hydroxylation is 1. The summed E-state index contributed by atoms with van der Waals surface area (Å²) in [5.74, 6) is 0.735. The van der Waals surface area contributed by atoms with Crippen LogP contribution in [-0.4, -0.2) is 28.8 Å². The zero-order valence-electron chi connectivity index (χ0n) is 13.7. The molecule has 0 saturated heterocycles. The van der Waals surface area contributed by atoms with Crippen molar-refractivity contribution < 1.29 is 9.53 Å². The van der Waals surface area contributed by atoms with Crippen molar-refractivity contribution in [2.24, 2.45) is 7.05 Å². The smallest absolute Gasteiger partial charge is 0.272 e. The molecule has 0 radical (unpaired) electrons. The number of hydrogen-bond donors (Lipinski definition) is 1. The van der Waals surface area contributed by atoms with Gasteiger partial charge >= 0.3 is 0 Å². The van der Waals surface area contributed by atoms with E-state index in [0.717, 1.165) is 29.8 Å². The van der Waals surface area contributed by atoms with Gasteiger partial charge in [0.05, 0.1) is 12.8 Å². The van der Waals surface area contributed by atoms with Crippen LogP contribution in [0.2, 0.25) is 0 Å². The fraction of sp³-hybridized carbons (Fsp3) is 0.444. The average molecular weight is 313 g/mol. The van der Waals surface area contributed by atoms with Crippen molar-refractivity contribution in [1.82, 2.24) is 15.1 Å². The predicted molar refractivity (Wildman–Crippen MR) is 89.5 cm³/mol. The van der Waals surface area contributed by atoms with E-state index in [1.807, 2.05) is 37.4 Å². The first kappa shape index (κ1) is 15.6. The van der Waals surface area contributed by atoms with E-state index in [9.17, 15) is 4.79 Å². The second-order valence-electron chi connectivity index (χ2n) is 6.08. The van der Waals surface area contributed by atoms with Gasteiger partial charge in [0.15, 0.2) is 5.69 Å². The Kier molecular flexibility index (Phi) is 4.65. The molecule has 1 fully saturated rings. The number of aromatic nitrogens is 2. The summed E-state index contributed by atoms with van der Waals surface area (Å²) in [6.07, 6.45) is 5.82. The second-order valence-corrected chi connectivity index (χ2v) is 6.08. The molecule has 0 aliphatic heterocycles. The highest BCUT2D eigenvalue weighted by atomic mass is 16.5. The fourth-order valence-electron chi connectivity index (χ4n) is 3.12. The van der Waals surface area contributed by atoms with Crippen LogP contribution in [0, 0.1) is 0 Å². The van der Waals surface area contributed by atoms with Crippen LogP contribution in [0.4, 0.5) is 0 Å². The van der Waals surface area contributed by atoms with Crippen molar-refractivity contribution in [2.75, 3.05) is 7.11 Å². The lowest BCUT2D eigenvalue weighted by molar-refractivity contribution is 0.0922. The summed E-state index contributed by atoms with van der Waals surface area (Å²) in [4.78, 5) is 12.4. The molecule has 1 saturated carbocycles. The number of ether oxygens (including phenoxy) is 1. The molecule has 5 heteroatoms. The maximum Gasteiger partial charge on any atom is 0.272 e. The molecule has 1 aliphatic rings. The molecule has 122 valence electrons. The topological polar surface area (TPSA) is 56.1 Å². The van der Waals surface area contributed by atoms with Gasteiger partial charge in [0.1, 0.15) is 5.75 Å². The number of nitrogens with zero attached hydrogens (tertiary/aromatic N) is 2. The first-order chi connectivity index (χ1) is 11.2. The van der Waals surface area contributed by atoms with E-state index in [1.54, 1.807) is 11.8 Å². The highest BCUT2D eigenvalue weighted by Crippen LogP contribution is 2.23. The maximum atomic E-state index is 12.4. The molecular weight excluding hydrogens is 290 g/mol. The Morgan fingerprint density at radius 2 is 1.91 bits per heavy atom. The SMILES string of the molecule is COc1ccc(-c2cc(C(=O)NC3CCCCC3)nn2C)cc1. The van der Waals surface area contributed by atoms with Gasteiger partial charge in [0, 0.05) is 18.7 Å². The van der Waals surface area contributed by atoms with Gasteiger partial charge in [-0.2, -0.15) is 5.10 Å². The van der Waals surface area contributed by atoms with Gasteiger partial charge < -0.3 is 10.1 Å². The van der Waals surface area contributed by atoms with E-state index >= 15 is 0 Å². The van der Waals surface area contributed by atoms with E-state index < -0.39 is 0 Å². The molecule has 5 nitrogen and oxygen atoms in total. The third-order valence-corrected chi connectivity index (χ3v) is 4.44. The Morgan fingerprint density at radius 1 is 1.22 bits per heavy atom. The number of rotatable bonds is 4. The van der Waals surface area contributed by atoms with Crippen molar-refractivity contribution in [1.29, 1.82) is 0 Å². The van der Waals surface area contributed by atoms with Crippen molar-refractivity contribution in [3.05, 3.63) is 36.0 Å². The van der Waals surface area contributed by atoms with E-state index in [2.05, 4.69) is 10.4 Å². The monoisotopic (exact) mass is 313 g/mol. The van der Waals surface area contributed by atoms with Crippen LogP contribution in [0.25, 0.3) is 11.3 Å². The Hall–Kier alpha value is -2.30. The molecule has 3 rings (SSSR count). The largest absolute Gasteiger partial charge is 0.497 e. The molecule has 0 unspecified atom stereocenters. The summed E-state index contributed by atoms with van der Waals surface area (Å²) < 4.78 is 6.92. The molecule has 23 heavy (non-hydrogen) atoms. The number of methoxy groups -OCH3 is 1. The van der Waals surface area contributed by atoms with Gasteiger partial charge in [-0.15, -0.1) is 0 Å². The van der Waals surface area contributed by atoms with Crippen LogP contribution in [0.1, 0.15) is 42.6 Å². The Morgan fingerprint density at radius 3 is 2.57 bits per heavy atom. The van der Waals surface area contributed by atoms with Gasteiger partial charge in [-0.3, -0.25) is 9.48 Å². The summed E-state index contributed by atoms with van der Waals surface area (Å²) in [6, 6.07) is 9.90. The number of benzene rings is 1. The third-order valence-electron chi connectivity index (χ3n) is 4.44. The third kappa shape index (κ3) is 3.55. The van der Waals surface area contributed by atoms with Crippen LogP contribution < -0.4 is 10.1 Å². The van der Waals surface area contributed by atoms with E-state index in [4.69, 9.17) is 4.74 Å². The summed E-state index contributed by atoms with van der Waals surface area (Å²) in [5, 5.41) is 7.48. The number of carbonyl (C=O) groups excluding carboxylic acids is 1. The molecule has 0 atom stereocenters. The molecule has 1 aromatic heterocycles. The second kappa shape index (κ2) is 6.86. The minimum Gasteiger partial charge on any atom is -0.497 e. The fourth-order valence-corrected chi connectivity index (χ4v) is 3.12. The molecule has 2 aromatic rings. The number of nitrogens with one attached hydrogen (secondary N) is 1. The van der Waals surface area contributed by atoms with Gasteiger partial charge in [0.25, 0.3) is 5.91 Å². The molecule has 0 bridgehead atoms. The highest BCUT2D eigenvalue weighted by molar-refractivity contribution is 5.93. The van der Waals surface area contributed by atoms with Gasteiger partial charge in [-0.05, 0) is 43.2 Å². The zero-order valence-corrected chi connectivity index (χ0v) is 13.7. The van der Waals surface area contributed by atoms with Gasteiger partial charge in [0.2, 0.25) is 0 Å². The van der Waals surface area contributed by atoms with E-state index in [-0.39, 0.29) is 5.91 Å². The standard InChI is InChI=1S/C18H23N3O2/c1-21-17(13-8-10-15(23-2)11-9-13)12-16(20-21)18(22)19-14-6-4-3-5-7-14/h8-12,14H,3-7H2,1-2H3,(H,19,22). The van der Waals surface area contributed by atoms with E-state index in [1.165, 1.54) is 19.3 Å². The number of hydrogen-bond acceptors (Lipinski definition) is 3. The molecule has 1 aromatic carbocycles. The van der Waals surface area contributed by atoms with Crippen molar-refractivity contribution in [2.45, 2.75) is 38.1 Å². The van der Waals surface area contributed by atoms with Crippen LogP contribution in [0.3, 0.4) is 0 Å². The van der Waals surface area contributed by atoms with Crippen LogP contribution in [0.15, 0.2) is 30.3 Å². The summed E-state index contributed by atoms with van der Waals surface area (Å²) in [6.45, 7) is 0. The summed E-state index contributed by atoms with van der Waals surface area (Å²) in [7, 11) is 3.50. The Bertz CT molecular complexity index is 670. The van der Waals surface area contributed by atoms with Gasteiger partial charge in [-0.25, -0.2) is 0 Å². The summed E-state index contributed by atoms with van der Waals surface area (Å²) in [5.41, 5.74) is 2.41. The average Bonchev–Trinajstić information content (AvgIpc) is 2.98. The zero-order chi connectivity index (χ0) is 16.2. The molecule has 1 heterocycles. The Balaban J connectivity index is 1.75. The van der Waals surface area contributed by atoms with Crippen molar-refractivity contribution in [3.8, 4) is 17.0 Å². The van der Waals surface area contributed by atoms with Crippen molar-refractivity contribution >= 4 is 5.91 Å². The van der Waals surface area contributed by atoms with E-state index in [0.29, 0.717) is 11.7 Å². The number of carbonyl (C=O) groups is 1. The molecule has 1 N–H and O–H groups in total. The Labute approximate surface area is 136 Å². The van der Waals surface area contributed by atoms with Gasteiger partial charge in [-0.1, -0.05) is 19.3 Å². The highest BCUT2D eigenvalue weighted by Gasteiger charge is 2.19. The first-order valence-corrected chi connectivity index (χ1v) is 8.16. The molecule has 1 amide bonds. The predicted octanol–water partition coefficient (Wildman–Crippen LogP) is 3.16. The maximum absolute atomic E-state index is 12.4. The van der Waals surface area contributed by atoms with Crippen LogP contribution >= 0.6 is 0 Å². The first-order valence-electron chi connectivity index (χ1n) is 8.16.